The van der Waals surface area contributed by atoms with Crippen molar-refractivity contribution in [2.75, 3.05) is 25.8 Å². The summed E-state index contributed by atoms with van der Waals surface area (Å²) < 4.78 is 33.5. The second-order valence-electron chi connectivity index (χ2n) is 8.53. The summed E-state index contributed by atoms with van der Waals surface area (Å²) in [5.74, 6) is 2.14. The minimum absolute atomic E-state index is 0.316. The number of fused-ring (bicyclic) bond motifs is 3. The van der Waals surface area contributed by atoms with Gasteiger partial charge in [0.15, 0.2) is 11.5 Å². The number of rotatable bonds is 5. The molecule has 10 heteroatoms. The Labute approximate surface area is 222 Å². The zero-order valence-electron chi connectivity index (χ0n) is 20.2. The van der Waals surface area contributed by atoms with Gasteiger partial charge in [-0.05, 0) is 54.3 Å². The first-order chi connectivity index (χ1) is 18.0. The van der Waals surface area contributed by atoms with Gasteiger partial charge in [0.2, 0.25) is 11.1 Å². The Kier molecular flexibility index (Phi) is 5.97. The molecule has 0 spiro atoms. The maximum Gasteiger partial charge on any atom is 0.227 e. The summed E-state index contributed by atoms with van der Waals surface area (Å²) in [6.07, 6.45) is 1.40. The van der Waals surface area contributed by atoms with Gasteiger partial charge in [-0.3, -0.25) is 0 Å². The van der Waals surface area contributed by atoms with E-state index in [0.717, 1.165) is 28.0 Å². The molecule has 0 aliphatic carbocycles. The summed E-state index contributed by atoms with van der Waals surface area (Å²) in [4.78, 5) is 4.68. The van der Waals surface area contributed by atoms with Crippen LogP contribution in [0.15, 0.2) is 71.4 Å². The van der Waals surface area contributed by atoms with Crippen LogP contribution in [0.25, 0.3) is 5.70 Å². The van der Waals surface area contributed by atoms with Crippen LogP contribution in [0.3, 0.4) is 0 Å². The van der Waals surface area contributed by atoms with Gasteiger partial charge in [-0.2, -0.15) is 4.98 Å². The lowest BCUT2D eigenvalue weighted by atomic mass is 9.84. The molecule has 0 saturated heterocycles. The van der Waals surface area contributed by atoms with Crippen molar-refractivity contribution in [2.45, 2.75) is 17.3 Å². The van der Waals surface area contributed by atoms with Gasteiger partial charge >= 0.3 is 0 Å². The van der Waals surface area contributed by atoms with Gasteiger partial charge in [0.05, 0.1) is 19.9 Å². The van der Waals surface area contributed by atoms with Crippen molar-refractivity contribution < 1.29 is 18.6 Å². The van der Waals surface area contributed by atoms with Crippen LogP contribution in [0.5, 0.6) is 17.2 Å². The summed E-state index contributed by atoms with van der Waals surface area (Å²) in [5.41, 5.74) is 4.22. The fourth-order valence-corrected chi connectivity index (χ4v) is 5.34. The Morgan fingerprint density at radius 3 is 2.49 bits per heavy atom. The van der Waals surface area contributed by atoms with Gasteiger partial charge in [0.1, 0.15) is 23.7 Å². The monoisotopic (exact) mass is 536 g/mol. The topological polar surface area (TPSA) is 70.4 Å². The number of benzene rings is 3. The van der Waals surface area contributed by atoms with Gasteiger partial charge in [-0.15, -0.1) is 5.10 Å². The Bertz CT molecular complexity index is 1540. The second-order valence-corrected chi connectivity index (χ2v) is 9.74. The van der Waals surface area contributed by atoms with Crippen LogP contribution in [0.2, 0.25) is 5.02 Å². The normalized spacial score (nSPS) is 17.8. The Hall–Kier alpha value is -3.69. The summed E-state index contributed by atoms with van der Waals surface area (Å²) >= 11 is 7.86. The first-order valence-corrected chi connectivity index (χ1v) is 13.1. The summed E-state index contributed by atoms with van der Waals surface area (Å²) in [7, 11) is 3.20. The van der Waals surface area contributed by atoms with E-state index in [2.05, 4.69) is 10.3 Å². The van der Waals surface area contributed by atoms with Crippen molar-refractivity contribution in [3.8, 4) is 17.2 Å². The predicted molar refractivity (Wildman–Crippen MR) is 141 cm³/mol. The predicted octanol–water partition coefficient (Wildman–Crippen LogP) is 6.37. The highest BCUT2D eigenvalue weighted by molar-refractivity contribution is 7.98. The molecular formula is C27H22ClFN4O3S. The number of anilines is 1. The molecule has 188 valence electrons. The molecule has 1 aromatic heterocycles. The molecule has 3 heterocycles. The highest BCUT2D eigenvalue weighted by Crippen LogP contribution is 2.52. The van der Waals surface area contributed by atoms with Crippen LogP contribution in [-0.4, -0.2) is 35.2 Å². The molecule has 2 aliphatic rings. The smallest absolute Gasteiger partial charge is 0.227 e. The van der Waals surface area contributed by atoms with E-state index in [0.29, 0.717) is 33.4 Å². The van der Waals surface area contributed by atoms with Crippen LogP contribution < -0.4 is 19.5 Å². The summed E-state index contributed by atoms with van der Waals surface area (Å²) in [6.45, 7) is 0. The molecule has 0 bridgehead atoms. The number of methoxy groups -OCH3 is 2. The molecule has 0 fully saturated rings. The zero-order valence-corrected chi connectivity index (χ0v) is 21.7. The van der Waals surface area contributed by atoms with Crippen LogP contribution in [0.1, 0.15) is 28.8 Å². The number of ether oxygens (including phenoxy) is 3. The average molecular weight is 537 g/mol. The molecule has 6 rings (SSSR count). The fraction of sp³-hybridized carbons (Fsp3) is 0.185. The van der Waals surface area contributed by atoms with Crippen molar-refractivity contribution in [3.05, 3.63) is 93.8 Å². The minimum atomic E-state index is -0.527. The van der Waals surface area contributed by atoms with E-state index in [1.807, 2.05) is 41.3 Å². The lowest BCUT2D eigenvalue weighted by Crippen LogP contribution is -2.32. The number of nitrogens with zero attached hydrogens (tertiary/aromatic N) is 3. The standard InChI is InChI=1S/C27H22ClFN4O3S/c1-34-20-10-6-15(12-21(20)35-2)25-22-23(18-13-16(28)7-11-19(18)36-25)30-26-31-27(37-3)32-33(26)24(22)14-4-8-17(29)9-5-14/h4-13,24-25H,1-3H3,(H,30,31,32)/t24-,25-/m1/s1. The van der Waals surface area contributed by atoms with E-state index in [-0.39, 0.29) is 5.82 Å². The number of halogens is 2. The van der Waals surface area contributed by atoms with E-state index >= 15 is 0 Å². The first kappa shape index (κ1) is 23.7. The fourth-order valence-electron chi connectivity index (χ4n) is 4.83. The van der Waals surface area contributed by atoms with Crippen LogP contribution in [-0.2, 0) is 0 Å². The molecule has 4 aromatic rings. The van der Waals surface area contributed by atoms with E-state index in [4.69, 9.17) is 30.9 Å². The second kappa shape index (κ2) is 9.32. The quantitative estimate of drug-likeness (QED) is 0.297. The van der Waals surface area contributed by atoms with Gasteiger partial charge < -0.3 is 19.5 Å². The zero-order chi connectivity index (χ0) is 25.7. The third-order valence-electron chi connectivity index (χ3n) is 6.49. The van der Waals surface area contributed by atoms with Gasteiger partial charge in [0.25, 0.3) is 0 Å². The third kappa shape index (κ3) is 3.98. The SMILES string of the molecule is COc1ccc([C@H]2Oc3ccc(Cl)cc3C3=C2[C@@H](c2ccc(F)cc2)n2nc(SC)nc2N3)cc1OC. The van der Waals surface area contributed by atoms with Gasteiger partial charge in [0, 0.05) is 21.7 Å². The maximum absolute atomic E-state index is 14.0. The van der Waals surface area contributed by atoms with E-state index < -0.39 is 12.1 Å². The average Bonchev–Trinajstić information content (AvgIpc) is 3.35. The molecule has 0 radical (unpaired) electrons. The lowest BCUT2D eigenvalue weighted by molar-refractivity contribution is 0.222. The molecule has 2 aliphatic heterocycles. The van der Waals surface area contributed by atoms with E-state index in [1.54, 1.807) is 32.4 Å². The molecule has 0 amide bonds. The maximum atomic E-state index is 14.0. The molecule has 0 saturated carbocycles. The van der Waals surface area contributed by atoms with Crippen LogP contribution in [0, 0.1) is 5.82 Å². The number of nitrogens with one attached hydrogen (secondary N) is 1. The molecule has 37 heavy (non-hydrogen) atoms. The first-order valence-electron chi connectivity index (χ1n) is 11.5. The van der Waals surface area contributed by atoms with Crippen molar-refractivity contribution in [2.24, 2.45) is 0 Å². The molecule has 2 atom stereocenters. The van der Waals surface area contributed by atoms with E-state index in [1.165, 1.54) is 23.9 Å². The van der Waals surface area contributed by atoms with Gasteiger partial charge in [-0.1, -0.05) is 41.6 Å². The van der Waals surface area contributed by atoms with Crippen molar-refractivity contribution >= 4 is 35.0 Å². The third-order valence-corrected chi connectivity index (χ3v) is 7.27. The van der Waals surface area contributed by atoms with Gasteiger partial charge in [-0.25, -0.2) is 9.07 Å². The molecule has 1 N–H and O–H groups in total. The molecule has 3 aromatic carbocycles. The molecule has 7 nitrogen and oxygen atoms in total. The molecule has 0 unspecified atom stereocenters. The minimum Gasteiger partial charge on any atom is -0.493 e. The highest BCUT2D eigenvalue weighted by Gasteiger charge is 2.41. The number of hydrogen-bond donors (Lipinski definition) is 1. The number of hydrogen-bond acceptors (Lipinski definition) is 7. The number of aromatic nitrogens is 3. The largest absolute Gasteiger partial charge is 0.493 e. The summed E-state index contributed by atoms with van der Waals surface area (Å²) in [5, 5.41) is 9.44. The van der Waals surface area contributed by atoms with Crippen LogP contribution >= 0.6 is 23.4 Å². The Balaban J connectivity index is 1.62. The Morgan fingerprint density at radius 2 is 1.76 bits per heavy atom. The molecular weight excluding hydrogens is 515 g/mol. The van der Waals surface area contributed by atoms with Crippen LogP contribution in [0.4, 0.5) is 10.3 Å². The van der Waals surface area contributed by atoms with Crippen molar-refractivity contribution in [1.29, 1.82) is 0 Å². The number of thioether (sulfide) groups is 1. The lowest BCUT2D eigenvalue weighted by Gasteiger charge is -2.39. The summed E-state index contributed by atoms with van der Waals surface area (Å²) in [6, 6.07) is 17.2. The highest BCUT2D eigenvalue weighted by atomic mass is 35.5. The Morgan fingerprint density at radius 1 is 1.00 bits per heavy atom. The van der Waals surface area contributed by atoms with Crippen molar-refractivity contribution in [3.63, 3.8) is 0 Å². The van der Waals surface area contributed by atoms with E-state index in [9.17, 15) is 4.39 Å². The van der Waals surface area contributed by atoms with Crippen molar-refractivity contribution in [1.82, 2.24) is 14.8 Å².